The summed E-state index contributed by atoms with van der Waals surface area (Å²) in [6.45, 7) is 5.87. The number of halogens is 10. The maximum Gasteiger partial charge on any atom is 0.490 e. The van der Waals surface area contributed by atoms with E-state index in [1.807, 2.05) is 32.0 Å². The molecular weight excluding hydrogens is 791 g/mol. The summed E-state index contributed by atoms with van der Waals surface area (Å²) in [5.74, 6) is -7.68. The maximum absolute atomic E-state index is 12.9. The van der Waals surface area contributed by atoms with Gasteiger partial charge in [0.2, 0.25) is 5.91 Å². The van der Waals surface area contributed by atoms with Gasteiger partial charge in [-0.2, -0.15) is 39.5 Å². The number of hydrogen-bond donors (Lipinski definition) is 7. The lowest BCUT2D eigenvalue weighted by atomic mass is 9.82. The first-order valence-corrected chi connectivity index (χ1v) is 15.6. The van der Waals surface area contributed by atoms with Crippen molar-refractivity contribution in [3.05, 3.63) is 53.2 Å². The number of aliphatic carboxylic acids is 3. The number of anilines is 1. The smallest absolute Gasteiger partial charge is 0.475 e. The predicted octanol–water partition coefficient (Wildman–Crippen LogP) is 5.07. The van der Waals surface area contributed by atoms with Crippen molar-refractivity contribution < 1.29 is 74.0 Å². The summed E-state index contributed by atoms with van der Waals surface area (Å²) in [4.78, 5) is 60.1. The molecule has 302 valence electrons. The van der Waals surface area contributed by atoms with E-state index in [1.54, 1.807) is 12.5 Å². The second-order valence-electron chi connectivity index (χ2n) is 11.4. The predicted molar refractivity (Wildman–Crippen MR) is 174 cm³/mol. The van der Waals surface area contributed by atoms with Gasteiger partial charge in [0.1, 0.15) is 11.8 Å². The molecular formula is C30H30ClF9N8O7. The van der Waals surface area contributed by atoms with Gasteiger partial charge in [0.15, 0.2) is 11.5 Å². The molecule has 0 spiro atoms. The van der Waals surface area contributed by atoms with Gasteiger partial charge in [0.25, 0.3) is 0 Å². The Labute approximate surface area is 307 Å². The molecule has 0 unspecified atom stereocenters. The number of fused-ring (bicyclic) bond motifs is 2. The van der Waals surface area contributed by atoms with Crippen LogP contribution in [0.3, 0.4) is 0 Å². The number of benzene rings is 1. The van der Waals surface area contributed by atoms with Gasteiger partial charge in [0, 0.05) is 36.2 Å². The molecule has 7 N–H and O–H groups in total. The third-order valence-electron chi connectivity index (χ3n) is 7.08. The summed E-state index contributed by atoms with van der Waals surface area (Å²) >= 11 is 6.70. The Morgan fingerprint density at radius 3 is 1.96 bits per heavy atom. The van der Waals surface area contributed by atoms with Crippen LogP contribution < -0.4 is 16.0 Å². The van der Waals surface area contributed by atoms with Crippen LogP contribution in [0.4, 0.5) is 45.3 Å². The average molecular weight is 821 g/mol. The minimum atomic E-state index is -5.08. The number of aromatic nitrogens is 5. The summed E-state index contributed by atoms with van der Waals surface area (Å²) in [5, 5.41) is 33.1. The number of amides is 1. The fraction of sp³-hybridized carbons (Fsp3) is 0.400. The van der Waals surface area contributed by atoms with Gasteiger partial charge < -0.3 is 36.3 Å². The number of aromatic amines is 1. The van der Waals surface area contributed by atoms with Gasteiger partial charge >= 0.3 is 36.4 Å². The summed E-state index contributed by atoms with van der Waals surface area (Å²) in [6.07, 6.45) is -8.93. The molecule has 1 aliphatic rings. The number of carboxylic acids is 3. The van der Waals surface area contributed by atoms with Crippen molar-refractivity contribution in [3.63, 3.8) is 0 Å². The molecule has 1 saturated heterocycles. The number of pyridine rings is 1. The van der Waals surface area contributed by atoms with E-state index in [0.717, 1.165) is 40.5 Å². The lowest BCUT2D eigenvalue weighted by molar-refractivity contribution is -0.193. The summed E-state index contributed by atoms with van der Waals surface area (Å²) in [7, 11) is 0. The first-order valence-electron chi connectivity index (χ1n) is 15.2. The molecule has 0 radical (unpaired) electrons. The first kappa shape index (κ1) is 45.6. The molecule has 1 aromatic carbocycles. The fourth-order valence-electron chi connectivity index (χ4n) is 4.65. The molecule has 25 heteroatoms. The van der Waals surface area contributed by atoms with Crippen molar-refractivity contribution in [2.24, 2.45) is 5.92 Å². The second-order valence-corrected chi connectivity index (χ2v) is 11.8. The molecule has 1 amide bonds. The van der Waals surface area contributed by atoms with Crippen LogP contribution in [0.5, 0.6) is 0 Å². The van der Waals surface area contributed by atoms with E-state index in [1.165, 1.54) is 6.33 Å². The highest BCUT2D eigenvalue weighted by Crippen LogP contribution is 2.39. The number of nitrogens with one attached hydrogen (secondary N) is 4. The average Bonchev–Trinajstić information content (AvgIpc) is 3.75. The number of imidazole rings is 1. The second kappa shape index (κ2) is 18.7. The molecule has 1 fully saturated rings. The van der Waals surface area contributed by atoms with Gasteiger partial charge in [-0.05, 0) is 43.1 Å². The monoisotopic (exact) mass is 820 g/mol. The van der Waals surface area contributed by atoms with E-state index < -0.39 is 42.0 Å². The van der Waals surface area contributed by atoms with Gasteiger partial charge in [0.05, 0.1) is 22.4 Å². The van der Waals surface area contributed by atoms with E-state index >= 15 is 0 Å². The zero-order chi connectivity index (χ0) is 41.9. The number of alkyl halides is 9. The van der Waals surface area contributed by atoms with E-state index in [2.05, 4.69) is 35.9 Å². The van der Waals surface area contributed by atoms with Gasteiger partial charge in [-0.1, -0.05) is 25.4 Å². The highest BCUT2D eigenvalue weighted by molar-refractivity contribution is 6.35. The number of carbonyl (C=O) groups excluding carboxylic acids is 1. The molecule has 0 bridgehead atoms. The highest BCUT2D eigenvalue weighted by atomic mass is 35.5. The van der Waals surface area contributed by atoms with E-state index in [4.69, 9.17) is 46.3 Å². The molecule has 0 saturated carbocycles. The Kier molecular flexibility index (Phi) is 15.5. The minimum absolute atomic E-state index is 0.0226. The van der Waals surface area contributed by atoms with Crippen molar-refractivity contribution in [2.45, 2.75) is 50.8 Å². The highest BCUT2D eigenvalue weighted by Gasteiger charge is 2.42. The summed E-state index contributed by atoms with van der Waals surface area (Å²) < 4.78 is 95.2. The van der Waals surface area contributed by atoms with E-state index in [0.29, 0.717) is 36.0 Å². The van der Waals surface area contributed by atoms with Crippen molar-refractivity contribution in [3.8, 4) is 0 Å². The minimum Gasteiger partial charge on any atom is -0.475 e. The van der Waals surface area contributed by atoms with Gasteiger partial charge in [-0.25, -0.2) is 29.3 Å². The Morgan fingerprint density at radius 1 is 0.909 bits per heavy atom. The number of nitrogens with zero attached hydrogens (tertiary/aromatic N) is 4. The maximum atomic E-state index is 12.9. The molecule has 0 aliphatic carbocycles. The Hall–Kier alpha value is -5.52. The van der Waals surface area contributed by atoms with Crippen LogP contribution in [-0.4, -0.2) is 102 Å². The lowest BCUT2D eigenvalue weighted by Crippen LogP contribution is -2.49. The van der Waals surface area contributed by atoms with Crippen molar-refractivity contribution in [2.75, 3.05) is 25.0 Å². The molecule has 4 heterocycles. The van der Waals surface area contributed by atoms with Crippen LogP contribution in [-0.2, 0) is 31.1 Å². The fourth-order valence-corrected chi connectivity index (χ4v) is 4.94. The Morgan fingerprint density at radius 2 is 1.47 bits per heavy atom. The van der Waals surface area contributed by atoms with Crippen molar-refractivity contribution in [1.82, 2.24) is 35.6 Å². The molecule has 5 rings (SSSR count). The molecule has 1 atom stereocenters. The Balaban J connectivity index is 0.000000408. The third-order valence-corrected chi connectivity index (χ3v) is 7.39. The van der Waals surface area contributed by atoms with E-state index in [9.17, 15) is 44.3 Å². The lowest BCUT2D eigenvalue weighted by Gasteiger charge is -2.34. The largest absolute Gasteiger partial charge is 0.490 e. The van der Waals surface area contributed by atoms with Gasteiger partial charge in [-0.3, -0.25) is 9.78 Å². The van der Waals surface area contributed by atoms with Crippen LogP contribution in [0.25, 0.3) is 22.1 Å². The Bertz CT molecular complexity index is 1910. The number of carbonyl (C=O) groups is 4. The quantitative estimate of drug-likeness (QED) is 0.121. The van der Waals surface area contributed by atoms with Crippen LogP contribution >= 0.6 is 11.6 Å². The van der Waals surface area contributed by atoms with Crippen molar-refractivity contribution in [1.29, 1.82) is 0 Å². The summed E-state index contributed by atoms with van der Waals surface area (Å²) in [6, 6.07) is 5.87. The van der Waals surface area contributed by atoms with Gasteiger partial charge in [-0.15, -0.1) is 0 Å². The van der Waals surface area contributed by atoms with E-state index in [-0.39, 0.29) is 11.8 Å². The molecule has 15 nitrogen and oxygen atoms in total. The SMILES string of the molecule is CC(C)C(=O)N[C@]1(c2c(CCNc3ncnc4nc[nH]c34)cc(Cl)c3cccnc23)CCNC1.O=C(O)C(F)(F)F.O=C(O)C(F)(F)F.O=C(O)C(F)(F)F. The zero-order valence-electron chi connectivity index (χ0n) is 28.1. The zero-order valence-corrected chi connectivity index (χ0v) is 28.9. The van der Waals surface area contributed by atoms with Crippen LogP contribution in [0.1, 0.15) is 31.4 Å². The third kappa shape index (κ3) is 13.1. The number of H-pyrrole nitrogens is 1. The molecule has 1 aliphatic heterocycles. The van der Waals surface area contributed by atoms with Crippen LogP contribution in [0, 0.1) is 5.92 Å². The normalized spacial score (nSPS) is 15.5. The summed E-state index contributed by atoms with van der Waals surface area (Å²) in [5.41, 5.74) is 3.73. The van der Waals surface area contributed by atoms with Crippen molar-refractivity contribution >= 4 is 63.3 Å². The van der Waals surface area contributed by atoms with Crippen LogP contribution in [0.2, 0.25) is 5.02 Å². The molecule has 3 aromatic heterocycles. The molecule has 55 heavy (non-hydrogen) atoms. The van der Waals surface area contributed by atoms with Crippen LogP contribution in [0.15, 0.2) is 37.1 Å². The number of carboxylic acid groups (broad SMARTS) is 3. The number of hydrogen-bond acceptors (Lipinski definition) is 10. The number of rotatable bonds is 7. The first-order chi connectivity index (χ1) is 25.3. The standard InChI is InChI=1S/C24H27ClN8O.3C2HF3O2/c1-14(2)23(34)33-24(6-9-26-11-24)18-15(10-17(25)16-4-3-7-27-19(16)18)5-8-28-21-20-22(30-12-29-20)32-13-31-21;3*3-2(4,5)1(6)7/h3-4,7,10,12-14,26H,5-6,8-9,11H2,1-2H3,(H,33,34)(H2,28,29,30,31,32);3*(H,6,7)/t24-;;;/m1.../s1. The molecule has 4 aromatic rings. The topological polar surface area (TPSA) is 232 Å².